The highest BCUT2D eigenvalue weighted by Crippen LogP contribution is 2.33. The molecule has 2 aromatic rings. The van der Waals surface area contributed by atoms with Crippen LogP contribution in [0.5, 0.6) is 5.88 Å². The van der Waals surface area contributed by atoms with E-state index < -0.39 is 0 Å². The minimum absolute atomic E-state index is 0.0987. The Bertz CT molecular complexity index is 623. The number of hydrogen-bond donors (Lipinski definition) is 2. The molecule has 1 heterocycles. The highest BCUT2D eigenvalue weighted by Gasteiger charge is 2.11. The summed E-state index contributed by atoms with van der Waals surface area (Å²) in [5.74, 6) is 0.550. The lowest BCUT2D eigenvalue weighted by atomic mass is 10.1. The topological polar surface area (TPSA) is 54.4 Å². The molecule has 6 heteroatoms. The zero-order valence-electron chi connectivity index (χ0n) is 11.6. The number of aliphatic hydroxyl groups excluding tert-OH is 1. The van der Waals surface area contributed by atoms with Crippen LogP contribution in [0.3, 0.4) is 0 Å². The van der Waals surface area contributed by atoms with Crippen molar-refractivity contribution in [3.05, 3.63) is 45.4 Å². The normalized spacial score (nSPS) is 10.7. The van der Waals surface area contributed by atoms with Crippen molar-refractivity contribution in [2.24, 2.45) is 0 Å². The second-order valence-corrected chi connectivity index (χ2v) is 5.60. The van der Waals surface area contributed by atoms with Gasteiger partial charge in [0.2, 0.25) is 5.88 Å². The number of hydrogen-bond acceptors (Lipinski definition) is 4. The van der Waals surface area contributed by atoms with Crippen LogP contribution in [0.1, 0.15) is 5.56 Å². The van der Waals surface area contributed by atoms with E-state index in [1.54, 1.807) is 7.11 Å². The number of aliphatic hydroxyl groups is 1. The summed E-state index contributed by atoms with van der Waals surface area (Å²) >= 11 is 9.71. The van der Waals surface area contributed by atoms with Crippen molar-refractivity contribution >= 4 is 27.5 Å². The highest BCUT2D eigenvalue weighted by atomic mass is 79.9. The molecule has 2 rings (SSSR count). The van der Waals surface area contributed by atoms with Gasteiger partial charge in [-0.1, -0.05) is 29.8 Å². The van der Waals surface area contributed by atoms with E-state index in [4.69, 9.17) is 21.4 Å². The van der Waals surface area contributed by atoms with Crippen molar-refractivity contribution in [3.63, 3.8) is 0 Å². The Morgan fingerprint density at radius 2 is 2.14 bits per heavy atom. The van der Waals surface area contributed by atoms with Gasteiger partial charge >= 0.3 is 0 Å². The third-order valence-corrected chi connectivity index (χ3v) is 4.26. The predicted molar refractivity (Wildman–Crippen MR) is 87.7 cm³/mol. The molecular weight excluding hydrogens is 356 g/mol. The molecule has 0 atom stereocenters. The molecule has 0 saturated carbocycles. The van der Waals surface area contributed by atoms with Crippen molar-refractivity contribution in [2.75, 3.05) is 20.3 Å². The van der Waals surface area contributed by atoms with Crippen LogP contribution >= 0.6 is 27.5 Å². The Morgan fingerprint density at radius 1 is 1.33 bits per heavy atom. The lowest BCUT2D eigenvalue weighted by Crippen LogP contribution is -2.18. The Morgan fingerprint density at radius 3 is 2.86 bits per heavy atom. The summed E-state index contributed by atoms with van der Waals surface area (Å²) in [7, 11) is 1.59. The summed E-state index contributed by atoms with van der Waals surface area (Å²) in [6.07, 6.45) is 0. The molecule has 0 unspecified atom stereocenters. The summed E-state index contributed by atoms with van der Waals surface area (Å²) in [6, 6.07) is 9.57. The maximum atomic E-state index is 8.79. The molecule has 0 amide bonds. The van der Waals surface area contributed by atoms with Crippen molar-refractivity contribution < 1.29 is 9.84 Å². The van der Waals surface area contributed by atoms with Gasteiger partial charge in [0.1, 0.15) is 0 Å². The van der Waals surface area contributed by atoms with E-state index >= 15 is 0 Å². The van der Waals surface area contributed by atoms with E-state index in [9.17, 15) is 0 Å². The number of benzene rings is 1. The Labute approximate surface area is 137 Å². The molecule has 1 aromatic carbocycles. The molecule has 0 aliphatic heterocycles. The molecule has 0 aliphatic rings. The molecule has 21 heavy (non-hydrogen) atoms. The second kappa shape index (κ2) is 7.75. The standard InChI is InChI=1S/C15H16BrClN2O2/c1-21-15-10(9-18-7-8-20)5-6-13(19-15)11-3-2-4-12(16)14(11)17/h2-6,18,20H,7-9H2,1H3. The summed E-state index contributed by atoms with van der Waals surface area (Å²) in [6.45, 7) is 1.22. The van der Waals surface area contributed by atoms with Crippen LogP contribution in [0.4, 0.5) is 0 Å². The van der Waals surface area contributed by atoms with Gasteiger partial charge in [0, 0.05) is 28.7 Å². The Kier molecular flexibility index (Phi) is 5.99. The van der Waals surface area contributed by atoms with Crippen LogP contribution in [0.25, 0.3) is 11.3 Å². The van der Waals surface area contributed by atoms with E-state index in [0.717, 1.165) is 21.3 Å². The first-order chi connectivity index (χ1) is 10.2. The quantitative estimate of drug-likeness (QED) is 0.765. The van der Waals surface area contributed by atoms with Gasteiger partial charge in [-0.25, -0.2) is 4.98 Å². The molecular formula is C15H16BrClN2O2. The predicted octanol–water partition coefficient (Wildman–Crippen LogP) is 3.26. The summed E-state index contributed by atoms with van der Waals surface area (Å²) in [4.78, 5) is 4.51. The van der Waals surface area contributed by atoms with Gasteiger partial charge in [0.15, 0.2) is 0 Å². The fourth-order valence-corrected chi connectivity index (χ4v) is 2.52. The number of halogens is 2. The number of nitrogens with zero attached hydrogens (tertiary/aromatic N) is 1. The summed E-state index contributed by atoms with van der Waals surface area (Å²) in [5, 5.41) is 12.5. The number of ether oxygens (including phenoxy) is 1. The summed E-state index contributed by atoms with van der Waals surface area (Å²) < 4.78 is 6.17. The van der Waals surface area contributed by atoms with Crippen LogP contribution < -0.4 is 10.1 Å². The van der Waals surface area contributed by atoms with Gasteiger partial charge in [-0.05, 0) is 28.1 Å². The Balaban J connectivity index is 2.32. The number of aromatic nitrogens is 1. The molecule has 112 valence electrons. The molecule has 0 bridgehead atoms. The van der Waals surface area contributed by atoms with E-state index in [1.807, 2.05) is 30.3 Å². The number of rotatable bonds is 6. The first-order valence-electron chi connectivity index (χ1n) is 6.47. The molecule has 2 N–H and O–H groups in total. The van der Waals surface area contributed by atoms with Crippen LogP contribution in [0.2, 0.25) is 5.02 Å². The molecule has 0 radical (unpaired) electrons. The molecule has 0 aliphatic carbocycles. The van der Waals surface area contributed by atoms with E-state index in [1.165, 1.54) is 0 Å². The van der Waals surface area contributed by atoms with Gasteiger partial charge in [-0.2, -0.15) is 0 Å². The monoisotopic (exact) mass is 370 g/mol. The first-order valence-corrected chi connectivity index (χ1v) is 7.64. The average Bonchev–Trinajstić information content (AvgIpc) is 2.50. The number of nitrogens with one attached hydrogen (secondary N) is 1. The van der Waals surface area contributed by atoms with Crippen LogP contribution in [-0.2, 0) is 6.54 Å². The van der Waals surface area contributed by atoms with Gasteiger partial charge in [-0.15, -0.1) is 0 Å². The maximum absolute atomic E-state index is 8.79. The first kappa shape index (κ1) is 16.2. The van der Waals surface area contributed by atoms with Gasteiger partial charge in [0.05, 0.1) is 24.4 Å². The fourth-order valence-electron chi connectivity index (χ4n) is 1.93. The molecule has 0 saturated heterocycles. The van der Waals surface area contributed by atoms with Crippen LogP contribution in [0.15, 0.2) is 34.8 Å². The molecule has 0 spiro atoms. The zero-order chi connectivity index (χ0) is 15.2. The van der Waals surface area contributed by atoms with Crippen molar-refractivity contribution in [1.82, 2.24) is 10.3 Å². The van der Waals surface area contributed by atoms with Gasteiger partial charge in [0.25, 0.3) is 0 Å². The highest BCUT2D eigenvalue weighted by molar-refractivity contribution is 9.10. The largest absolute Gasteiger partial charge is 0.481 e. The zero-order valence-corrected chi connectivity index (χ0v) is 13.9. The van der Waals surface area contributed by atoms with Crippen LogP contribution in [-0.4, -0.2) is 30.4 Å². The second-order valence-electron chi connectivity index (χ2n) is 4.37. The average molecular weight is 372 g/mol. The van der Waals surface area contributed by atoms with Crippen molar-refractivity contribution in [3.8, 4) is 17.1 Å². The maximum Gasteiger partial charge on any atom is 0.218 e. The fraction of sp³-hybridized carbons (Fsp3) is 0.267. The van der Waals surface area contributed by atoms with Crippen LogP contribution in [0, 0.1) is 0 Å². The van der Waals surface area contributed by atoms with E-state index in [2.05, 4.69) is 26.2 Å². The Hall–Kier alpha value is -1.14. The molecule has 0 fully saturated rings. The van der Waals surface area contributed by atoms with E-state index in [-0.39, 0.29) is 6.61 Å². The summed E-state index contributed by atoms with van der Waals surface area (Å²) in [5.41, 5.74) is 2.53. The number of methoxy groups -OCH3 is 1. The molecule has 4 nitrogen and oxygen atoms in total. The van der Waals surface area contributed by atoms with Crippen molar-refractivity contribution in [1.29, 1.82) is 0 Å². The smallest absolute Gasteiger partial charge is 0.218 e. The minimum atomic E-state index is 0.0987. The number of pyridine rings is 1. The third-order valence-electron chi connectivity index (χ3n) is 2.96. The SMILES string of the molecule is COc1nc(-c2cccc(Br)c2Cl)ccc1CNCCO. The van der Waals surface area contributed by atoms with Crippen molar-refractivity contribution in [2.45, 2.75) is 6.54 Å². The third kappa shape index (κ3) is 3.95. The minimum Gasteiger partial charge on any atom is -0.481 e. The molecule has 1 aromatic heterocycles. The lowest BCUT2D eigenvalue weighted by molar-refractivity contribution is 0.291. The van der Waals surface area contributed by atoms with Gasteiger partial charge < -0.3 is 15.2 Å². The lowest BCUT2D eigenvalue weighted by Gasteiger charge is -2.11. The van der Waals surface area contributed by atoms with Gasteiger partial charge in [-0.3, -0.25) is 0 Å². The van der Waals surface area contributed by atoms with E-state index in [0.29, 0.717) is 24.0 Å².